The Hall–Kier alpha value is -3.76. The highest BCUT2D eigenvalue weighted by atomic mass is 19.4. The van der Waals surface area contributed by atoms with Crippen molar-refractivity contribution in [2.24, 2.45) is 0 Å². The van der Waals surface area contributed by atoms with Gasteiger partial charge >= 0.3 is 18.4 Å². The fraction of sp³-hybridized carbons (Fsp3) is 0.400. The lowest BCUT2D eigenvalue weighted by Gasteiger charge is -2.25. The van der Waals surface area contributed by atoms with Crippen LogP contribution in [0.3, 0.4) is 0 Å². The highest BCUT2D eigenvalue weighted by molar-refractivity contribution is 6.06. The van der Waals surface area contributed by atoms with Crippen molar-refractivity contribution in [1.82, 2.24) is 0 Å². The van der Waals surface area contributed by atoms with E-state index in [1.165, 1.54) is 12.1 Å². The second-order valence-corrected chi connectivity index (χ2v) is 8.64. The molecule has 0 aromatic heterocycles. The van der Waals surface area contributed by atoms with Crippen molar-refractivity contribution in [3.05, 3.63) is 47.0 Å². The number of amides is 1. The molecule has 0 aliphatic carbocycles. The largest absolute Gasteiger partial charge is 0.573 e. The number of alkyl halides is 3. The Labute approximate surface area is 206 Å². The van der Waals surface area contributed by atoms with Gasteiger partial charge in [0.2, 0.25) is 0 Å². The van der Waals surface area contributed by atoms with Crippen LogP contribution in [-0.2, 0) is 4.74 Å². The molecule has 0 fully saturated rings. The predicted octanol–water partition coefficient (Wildman–Crippen LogP) is 6.45. The number of ether oxygens (including phenoxy) is 4. The van der Waals surface area contributed by atoms with Gasteiger partial charge in [-0.2, -0.15) is 0 Å². The Balaban J connectivity index is 2.79. The van der Waals surface area contributed by atoms with Crippen LogP contribution in [0.1, 0.15) is 66.8 Å². The van der Waals surface area contributed by atoms with E-state index in [1.54, 1.807) is 39.0 Å². The number of rotatable bonds is 9. The van der Waals surface area contributed by atoms with Gasteiger partial charge in [0.25, 0.3) is 0 Å². The summed E-state index contributed by atoms with van der Waals surface area (Å²) in [5, 5.41) is 2.25. The maximum absolute atomic E-state index is 13.3. The van der Waals surface area contributed by atoms with E-state index in [0.717, 1.165) is 6.92 Å². The topological polar surface area (TPSA) is 100 Å². The molecular formula is C25H28F3NO7. The Morgan fingerprint density at radius 2 is 1.69 bits per heavy atom. The van der Waals surface area contributed by atoms with Crippen molar-refractivity contribution in [1.29, 1.82) is 0 Å². The first-order valence-electron chi connectivity index (χ1n) is 11.1. The van der Waals surface area contributed by atoms with Crippen LogP contribution < -0.4 is 19.5 Å². The second kappa shape index (κ2) is 11.8. The van der Waals surface area contributed by atoms with Gasteiger partial charge in [0.1, 0.15) is 28.4 Å². The van der Waals surface area contributed by atoms with E-state index >= 15 is 0 Å². The van der Waals surface area contributed by atoms with Crippen LogP contribution in [0.25, 0.3) is 0 Å². The summed E-state index contributed by atoms with van der Waals surface area (Å²) in [6.07, 6.45) is -5.03. The van der Waals surface area contributed by atoms with Gasteiger partial charge in [0, 0.05) is 5.56 Å². The zero-order valence-corrected chi connectivity index (χ0v) is 20.6. The molecule has 0 radical (unpaired) electrons. The first kappa shape index (κ1) is 28.5. The number of benzene rings is 2. The smallest absolute Gasteiger partial charge is 0.490 e. The van der Waals surface area contributed by atoms with Crippen LogP contribution in [0, 0.1) is 6.92 Å². The van der Waals surface area contributed by atoms with Crippen molar-refractivity contribution in [2.75, 3.05) is 11.9 Å². The van der Waals surface area contributed by atoms with Gasteiger partial charge in [0.15, 0.2) is 12.0 Å². The molecule has 0 unspecified atom stereocenters. The minimum Gasteiger partial charge on any atom is -0.490 e. The molecule has 0 atom stereocenters. The van der Waals surface area contributed by atoms with Crippen LogP contribution in [0.15, 0.2) is 30.3 Å². The summed E-state index contributed by atoms with van der Waals surface area (Å²) in [7, 11) is 0. The molecule has 36 heavy (non-hydrogen) atoms. The molecule has 0 saturated heterocycles. The van der Waals surface area contributed by atoms with Gasteiger partial charge in [-0.25, -0.2) is 9.59 Å². The van der Waals surface area contributed by atoms with Crippen LogP contribution >= 0.6 is 0 Å². The summed E-state index contributed by atoms with van der Waals surface area (Å²) in [4.78, 5) is 37.7. The SMILES string of the molecule is CCCCOc1c(NC(=O)OC(C)(C)C)c(C=O)c(OC(F)(F)F)c(C)c1C(=O)Oc1ccccc1. The molecule has 1 N–H and O–H groups in total. The predicted molar refractivity (Wildman–Crippen MR) is 125 cm³/mol. The van der Waals surface area contributed by atoms with E-state index < -0.39 is 46.6 Å². The number of unbranched alkanes of at least 4 members (excludes halogenated alkanes) is 1. The third-order valence-corrected chi connectivity index (χ3v) is 4.55. The van der Waals surface area contributed by atoms with Crippen molar-refractivity contribution in [3.63, 3.8) is 0 Å². The second-order valence-electron chi connectivity index (χ2n) is 8.64. The number of carbonyl (C=O) groups is 3. The van der Waals surface area contributed by atoms with Crippen LogP contribution in [0.2, 0.25) is 0 Å². The van der Waals surface area contributed by atoms with Crippen LogP contribution in [0.4, 0.5) is 23.7 Å². The van der Waals surface area contributed by atoms with Crippen molar-refractivity contribution in [2.45, 2.75) is 59.4 Å². The molecule has 2 rings (SSSR count). The number of hydrogen-bond acceptors (Lipinski definition) is 7. The van der Waals surface area contributed by atoms with E-state index in [-0.39, 0.29) is 30.0 Å². The number of anilines is 1. The quantitative estimate of drug-likeness (QED) is 0.179. The molecule has 0 aliphatic heterocycles. The highest BCUT2D eigenvalue weighted by Gasteiger charge is 2.37. The summed E-state index contributed by atoms with van der Waals surface area (Å²) in [6.45, 7) is 7.77. The standard InChI is InChI=1S/C25H28F3NO7/c1-6-7-13-33-21-18(22(31)34-16-11-9-8-10-12-16)15(2)20(35-25(26,27)28)17(14-30)19(21)29-23(32)36-24(3,4)5/h8-12,14H,6-7,13H2,1-5H3,(H,29,32). The minimum absolute atomic E-state index is 0.0301. The van der Waals surface area contributed by atoms with E-state index in [2.05, 4.69) is 10.1 Å². The summed E-state index contributed by atoms with van der Waals surface area (Å²) in [5.74, 6) is -2.29. The van der Waals surface area contributed by atoms with Crippen molar-refractivity contribution in [3.8, 4) is 17.2 Å². The highest BCUT2D eigenvalue weighted by Crippen LogP contribution is 2.44. The molecule has 2 aromatic rings. The fourth-order valence-corrected chi connectivity index (χ4v) is 3.09. The molecule has 8 nitrogen and oxygen atoms in total. The molecule has 2 aromatic carbocycles. The number of para-hydroxylation sites is 1. The number of esters is 1. The Morgan fingerprint density at radius 3 is 2.22 bits per heavy atom. The van der Waals surface area contributed by atoms with E-state index in [0.29, 0.717) is 12.8 Å². The Kier molecular flexibility index (Phi) is 9.32. The van der Waals surface area contributed by atoms with Gasteiger partial charge in [-0.05, 0) is 46.2 Å². The van der Waals surface area contributed by atoms with Gasteiger partial charge in [-0.3, -0.25) is 10.1 Å². The average molecular weight is 511 g/mol. The number of carbonyl (C=O) groups excluding carboxylic acids is 3. The maximum atomic E-state index is 13.3. The lowest BCUT2D eigenvalue weighted by molar-refractivity contribution is -0.274. The number of halogens is 3. The summed E-state index contributed by atoms with van der Waals surface area (Å²) >= 11 is 0. The van der Waals surface area contributed by atoms with Crippen LogP contribution in [0.5, 0.6) is 17.2 Å². The third kappa shape index (κ3) is 7.89. The molecule has 0 aliphatic rings. The number of hydrogen-bond donors (Lipinski definition) is 1. The maximum Gasteiger partial charge on any atom is 0.573 e. The van der Waals surface area contributed by atoms with E-state index in [4.69, 9.17) is 14.2 Å². The first-order valence-corrected chi connectivity index (χ1v) is 11.1. The van der Waals surface area contributed by atoms with Gasteiger partial charge < -0.3 is 18.9 Å². The summed E-state index contributed by atoms with van der Waals surface area (Å²) in [5.41, 5.74) is -2.99. The monoisotopic (exact) mass is 511 g/mol. The van der Waals surface area contributed by atoms with Gasteiger partial charge in [-0.15, -0.1) is 13.2 Å². The zero-order valence-electron chi connectivity index (χ0n) is 20.6. The van der Waals surface area contributed by atoms with Crippen molar-refractivity contribution >= 4 is 24.0 Å². The average Bonchev–Trinajstić information content (AvgIpc) is 2.75. The van der Waals surface area contributed by atoms with E-state index in [9.17, 15) is 27.6 Å². The number of aldehydes is 1. The zero-order chi connectivity index (χ0) is 27.1. The molecule has 0 spiro atoms. The first-order chi connectivity index (χ1) is 16.8. The molecule has 1 amide bonds. The molecule has 0 saturated carbocycles. The summed E-state index contributed by atoms with van der Waals surface area (Å²) < 4.78 is 60.2. The fourth-order valence-electron chi connectivity index (χ4n) is 3.09. The molecule has 0 heterocycles. The lowest BCUT2D eigenvalue weighted by Crippen LogP contribution is -2.29. The summed E-state index contributed by atoms with van der Waals surface area (Å²) in [6, 6.07) is 7.81. The lowest BCUT2D eigenvalue weighted by atomic mass is 9.99. The molecule has 0 bridgehead atoms. The van der Waals surface area contributed by atoms with Gasteiger partial charge in [0.05, 0.1) is 12.2 Å². The molecular weight excluding hydrogens is 483 g/mol. The Morgan fingerprint density at radius 1 is 1.06 bits per heavy atom. The molecule has 11 heteroatoms. The normalized spacial score (nSPS) is 11.4. The number of nitrogens with one attached hydrogen (secondary N) is 1. The Bertz CT molecular complexity index is 1090. The minimum atomic E-state index is -5.21. The van der Waals surface area contributed by atoms with Crippen LogP contribution in [-0.4, -0.2) is 36.9 Å². The van der Waals surface area contributed by atoms with E-state index in [1.807, 2.05) is 6.92 Å². The van der Waals surface area contributed by atoms with Gasteiger partial charge in [-0.1, -0.05) is 31.5 Å². The molecule has 196 valence electrons. The third-order valence-electron chi connectivity index (χ3n) is 4.55. The van der Waals surface area contributed by atoms with Crippen molar-refractivity contribution < 1.29 is 46.5 Å².